The van der Waals surface area contributed by atoms with Gasteiger partial charge in [-0.2, -0.15) is 0 Å². The third-order valence-electron chi connectivity index (χ3n) is 15.0. The largest absolute Gasteiger partial charge is 0.493 e. The SMILES string of the molecule is COc1cc2c(cc1OC)[C@@H](Cc1cc(OC)c(OC)c(OC)c1)[N+](C)(CCCOC(=O)CCC=CCCC(=O)OCCC[N+]1(C)CCc3cc(OC)c(OC)cc3[C@@H]1Cc1cc(OC)c(OC)c(OC)c1)CC2. The molecule has 0 amide bonds. The van der Waals surface area contributed by atoms with Crippen molar-refractivity contribution in [1.82, 2.24) is 0 Å². The highest BCUT2D eigenvalue weighted by molar-refractivity contribution is 5.70. The summed E-state index contributed by atoms with van der Waals surface area (Å²) in [4.78, 5) is 25.7. The van der Waals surface area contributed by atoms with Crippen LogP contribution in [-0.2, 0) is 44.7 Å². The van der Waals surface area contributed by atoms with Crippen LogP contribution in [0.1, 0.15) is 84.0 Å². The lowest BCUT2D eigenvalue weighted by molar-refractivity contribution is -0.941. The summed E-state index contributed by atoms with van der Waals surface area (Å²) in [6, 6.07) is 16.5. The van der Waals surface area contributed by atoms with E-state index in [9.17, 15) is 9.59 Å². The number of hydrogen-bond acceptors (Lipinski definition) is 14. The topological polar surface area (TPSA) is 145 Å². The van der Waals surface area contributed by atoms with Gasteiger partial charge in [0, 0.05) is 62.5 Å². The van der Waals surface area contributed by atoms with Crippen LogP contribution >= 0.6 is 0 Å². The van der Waals surface area contributed by atoms with Gasteiger partial charge in [0.25, 0.3) is 0 Å². The van der Waals surface area contributed by atoms with Gasteiger partial charge in [-0.05, 0) is 83.6 Å². The molecule has 74 heavy (non-hydrogen) atoms. The van der Waals surface area contributed by atoms with Crippen molar-refractivity contribution in [1.29, 1.82) is 0 Å². The fourth-order valence-corrected chi connectivity index (χ4v) is 10.8. The van der Waals surface area contributed by atoms with Crippen LogP contribution in [0.4, 0.5) is 0 Å². The van der Waals surface area contributed by atoms with Crippen molar-refractivity contribution >= 4 is 11.9 Å². The van der Waals surface area contributed by atoms with Crippen molar-refractivity contribution in [2.75, 3.05) is 125 Å². The first-order chi connectivity index (χ1) is 35.7. The summed E-state index contributed by atoms with van der Waals surface area (Å²) >= 11 is 0. The van der Waals surface area contributed by atoms with Gasteiger partial charge in [-0.1, -0.05) is 12.2 Å². The number of methoxy groups -OCH3 is 10. The number of carbonyl (C=O) groups is 2. The molecular formula is C58H80N2O14+2. The molecule has 0 bridgehead atoms. The van der Waals surface area contributed by atoms with Crippen LogP contribution in [0.25, 0.3) is 0 Å². The Bertz CT molecular complexity index is 2340. The zero-order chi connectivity index (χ0) is 53.4. The Balaban J connectivity index is 0.967. The maximum absolute atomic E-state index is 12.9. The van der Waals surface area contributed by atoms with E-state index >= 15 is 0 Å². The Labute approximate surface area is 438 Å². The second kappa shape index (κ2) is 26.6. The van der Waals surface area contributed by atoms with Crippen LogP contribution in [0.15, 0.2) is 60.7 Å². The van der Waals surface area contributed by atoms with Crippen molar-refractivity contribution in [2.45, 2.75) is 76.3 Å². The summed E-state index contributed by atoms with van der Waals surface area (Å²) in [5.41, 5.74) is 6.93. The van der Waals surface area contributed by atoms with E-state index < -0.39 is 0 Å². The van der Waals surface area contributed by atoms with Gasteiger partial charge in [0.05, 0.1) is 125 Å². The van der Waals surface area contributed by atoms with Gasteiger partial charge in [0.2, 0.25) is 11.5 Å². The van der Waals surface area contributed by atoms with Gasteiger partial charge in [0.15, 0.2) is 46.0 Å². The molecule has 2 aliphatic rings. The van der Waals surface area contributed by atoms with Crippen molar-refractivity contribution < 1.29 is 75.4 Å². The Kier molecular flexibility index (Phi) is 20.4. The smallest absolute Gasteiger partial charge is 0.306 e. The fraction of sp³-hybridized carbons (Fsp3) is 0.517. The highest BCUT2D eigenvalue weighted by atomic mass is 16.6. The molecule has 0 N–H and O–H groups in total. The lowest BCUT2D eigenvalue weighted by Gasteiger charge is -2.46. The second-order valence-electron chi connectivity index (χ2n) is 19.4. The number of allylic oxidation sites excluding steroid dienone is 2. The Hall–Kier alpha value is -6.52. The highest BCUT2D eigenvalue weighted by Crippen LogP contribution is 2.47. The Morgan fingerprint density at radius 3 is 1.09 bits per heavy atom. The molecule has 404 valence electrons. The molecule has 0 saturated carbocycles. The van der Waals surface area contributed by atoms with Gasteiger partial charge in [-0.15, -0.1) is 0 Å². The molecule has 4 aromatic rings. The number of esters is 2. The molecule has 0 radical (unpaired) electrons. The number of ether oxygens (including phenoxy) is 12. The molecule has 4 atom stereocenters. The first kappa shape index (κ1) is 56.8. The summed E-state index contributed by atoms with van der Waals surface area (Å²) in [6.07, 6.45) is 9.94. The fourth-order valence-electron chi connectivity index (χ4n) is 10.8. The number of likely N-dealkylation sites (N-methyl/N-ethyl adjacent to an activating group) is 2. The minimum atomic E-state index is -0.246. The van der Waals surface area contributed by atoms with Gasteiger partial charge < -0.3 is 65.8 Å². The van der Waals surface area contributed by atoms with Gasteiger partial charge in [-0.25, -0.2) is 0 Å². The average molecular weight is 1030 g/mol. The maximum Gasteiger partial charge on any atom is 0.306 e. The van der Waals surface area contributed by atoms with E-state index in [1.54, 1.807) is 71.1 Å². The summed E-state index contributed by atoms with van der Waals surface area (Å²) in [7, 11) is 20.9. The predicted molar refractivity (Wildman–Crippen MR) is 282 cm³/mol. The molecular weight excluding hydrogens is 949 g/mol. The Morgan fingerprint density at radius 2 is 0.784 bits per heavy atom. The van der Waals surface area contributed by atoms with Crippen LogP contribution in [0.2, 0.25) is 0 Å². The second-order valence-corrected chi connectivity index (χ2v) is 19.4. The minimum absolute atomic E-state index is 0.0551. The molecule has 16 nitrogen and oxygen atoms in total. The molecule has 6 rings (SSSR count). The van der Waals surface area contributed by atoms with E-state index in [4.69, 9.17) is 56.8 Å². The molecule has 2 heterocycles. The van der Waals surface area contributed by atoms with Crippen LogP contribution in [-0.4, -0.2) is 145 Å². The molecule has 0 fully saturated rings. The van der Waals surface area contributed by atoms with Crippen molar-refractivity contribution in [2.24, 2.45) is 0 Å². The zero-order valence-corrected chi connectivity index (χ0v) is 45.9. The number of nitrogens with zero attached hydrogens (tertiary/aromatic N) is 2. The minimum Gasteiger partial charge on any atom is -0.493 e. The van der Waals surface area contributed by atoms with E-state index in [1.807, 2.05) is 36.4 Å². The third kappa shape index (κ3) is 13.4. The first-order valence-corrected chi connectivity index (χ1v) is 25.5. The predicted octanol–water partition coefficient (Wildman–Crippen LogP) is 9.03. The van der Waals surface area contributed by atoms with E-state index in [-0.39, 0.29) is 36.9 Å². The van der Waals surface area contributed by atoms with Crippen molar-refractivity contribution in [3.63, 3.8) is 0 Å². The average Bonchev–Trinajstić information content (AvgIpc) is 3.42. The molecule has 16 heteroatoms. The summed E-state index contributed by atoms with van der Waals surface area (Å²) in [5, 5.41) is 0. The first-order valence-electron chi connectivity index (χ1n) is 25.5. The van der Waals surface area contributed by atoms with Crippen molar-refractivity contribution in [3.8, 4) is 57.5 Å². The monoisotopic (exact) mass is 1030 g/mol. The highest BCUT2D eigenvalue weighted by Gasteiger charge is 2.42. The molecule has 0 saturated heterocycles. The lowest BCUT2D eigenvalue weighted by atomic mass is 9.86. The molecule has 0 aliphatic carbocycles. The lowest BCUT2D eigenvalue weighted by Crippen LogP contribution is -2.52. The van der Waals surface area contributed by atoms with Gasteiger partial charge >= 0.3 is 11.9 Å². The summed E-state index contributed by atoms with van der Waals surface area (Å²) < 4.78 is 69.8. The Morgan fingerprint density at radius 1 is 0.459 bits per heavy atom. The number of fused-ring (bicyclic) bond motifs is 2. The maximum atomic E-state index is 12.9. The number of hydrogen-bond donors (Lipinski definition) is 0. The summed E-state index contributed by atoms with van der Waals surface area (Å²) in [5.74, 6) is 5.81. The normalized spacial score (nSPS) is 18.9. The van der Waals surface area contributed by atoms with E-state index in [1.165, 1.54) is 22.3 Å². The standard InChI is InChI=1S/C58H80N2O14/c1-59(25-21-41-35-47(63-3)49(65-5)37-43(41)45(59)29-39-31-51(67-7)57(71-11)52(32-39)68-8)23-17-27-73-55(61)19-15-13-14-16-20-56(62)74-28-18-24-60(2)26-22-42-36-48(64-4)50(66-6)38-44(42)46(60)30-40-33-53(69-9)58(72-12)54(34-40)70-10/h13-14,31-38,45-46H,15-30H2,1-12H3/q+2/t45-,46+,59?,60?. The van der Waals surface area contributed by atoms with E-state index in [2.05, 4.69) is 38.4 Å². The van der Waals surface area contributed by atoms with Gasteiger partial charge in [-0.3, -0.25) is 9.59 Å². The number of carbonyl (C=O) groups excluding carboxylic acids is 2. The van der Waals surface area contributed by atoms with Crippen LogP contribution in [0.3, 0.4) is 0 Å². The van der Waals surface area contributed by atoms with Crippen LogP contribution in [0.5, 0.6) is 57.5 Å². The van der Waals surface area contributed by atoms with Gasteiger partial charge in [0.1, 0.15) is 12.1 Å². The molecule has 2 aliphatic heterocycles. The quantitative estimate of drug-likeness (QED) is 0.0231. The summed E-state index contributed by atoms with van der Waals surface area (Å²) in [6.45, 7) is 4.02. The molecule has 2 unspecified atom stereocenters. The molecule has 0 spiro atoms. The van der Waals surface area contributed by atoms with Crippen LogP contribution < -0.4 is 47.4 Å². The zero-order valence-electron chi connectivity index (χ0n) is 45.9. The van der Waals surface area contributed by atoms with Crippen molar-refractivity contribution in [3.05, 3.63) is 94.1 Å². The van der Waals surface area contributed by atoms with Crippen LogP contribution in [0, 0.1) is 0 Å². The number of quaternary nitrogens is 2. The van der Waals surface area contributed by atoms with E-state index in [0.717, 1.165) is 59.1 Å². The number of benzene rings is 4. The molecule has 0 aromatic heterocycles. The molecule has 4 aromatic carbocycles. The number of rotatable bonds is 28. The third-order valence-corrected chi connectivity index (χ3v) is 15.0. The van der Waals surface area contributed by atoms with E-state index in [0.29, 0.717) is 109 Å².